The Morgan fingerprint density at radius 2 is 1.38 bits per heavy atom. The molecule has 1 saturated heterocycles. The Bertz CT molecular complexity index is 1080. The number of amides is 2. The second-order valence-electron chi connectivity index (χ2n) is 11.5. The molecule has 0 bridgehead atoms. The molecular weight excluding hydrogens is 486 g/mol. The van der Waals surface area contributed by atoms with E-state index < -0.39 is 0 Å². The first-order valence-corrected chi connectivity index (χ1v) is 15.3. The minimum absolute atomic E-state index is 0.154. The standard InChI is InChI=1S/C32H49N5O2/c1-3-10-24(33)16-20-35(21-17-25(34)11-4-2)18-7-5-6-8-19-37-31(38)27-13-9-12-26-29(36-22-23-36)15-14-28(30(26)27)32(37)39/h9,12-15,24-25H,3-8,10-11,16-23,33-34H2,1-2H3. The van der Waals surface area contributed by atoms with Crippen LogP contribution >= 0.6 is 0 Å². The molecule has 214 valence electrons. The van der Waals surface area contributed by atoms with Gasteiger partial charge in [-0.2, -0.15) is 0 Å². The zero-order valence-electron chi connectivity index (χ0n) is 24.2. The van der Waals surface area contributed by atoms with E-state index in [1.54, 1.807) is 0 Å². The molecule has 0 aromatic heterocycles. The van der Waals surface area contributed by atoms with Crippen LogP contribution in [0.2, 0.25) is 0 Å². The van der Waals surface area contributed by atoms with Crippen LogP contribution in [0.25, 0.3) is 10.8 Å². The average Bonchev–Trinajstić information content (AvgIpc) is 3.77. The van der Waals surface area contributed by atoms with Gasteiger partial charge in [0.15, 0.2) is 0 Å². The summed E-state index contributed by atoms with van der Waals surface area (Å²) in [5.74, 6) is -0.307. The maximum atomic E-state index is 13.3. The molecule has 2 amide bonds. The SMILES string of the molecule is CCCC(N)CCN(CCCCCCN1C(=O)c2cccc3c(N4CC4)ccc(c23)C1=O)CCC(N)CCC. The molecule has 0 spiro atoms. The van der Waals surface area contributed by atoms with Crippen LogP contribution in [0.15, 0.2) is 30.3 Å². The molecule has 2 aliphatic rings. The largest absolute Gasteiger partial charge is 0.367 e. The van der Waals surface area contributed by atoms with Crippen molar-refractivity contribution in [2.75, 3.05) is 44.2 Å². The Kier molecular flexibility index (Phi) is 10.8. The molecule has 2 unspecified atom stereocenters. The molecule has 2 aromatic rings. The van der Waals surface area contributed by atoms with Gasteiger partial charge in [0.1, 0.15) is 0 Å². The van der Waals surface area contributed by atoms with Gasteiger partial charge in [0.2, 0.25) is 0 Å². The number of carbonyl (C=O) groups excluding carboxylic acids is 2. The Labute approximate surface area is 234 Å². The minimum Gasteiger partial charge on any atom is -0.367 e. The van der Waals surface area contributed by atoms with Gasteiger partial charge >= 0.3 is 0 Å². The number of nitrogens with two attached hydrogens (primary N) is 2. The van der Waals surface area contributed by atoms with Crippen molar-refractivity contribution in [2.45, 2.75) is 90.1 Å². The Balaban J connectivity index is 1.25. The monoisotopic (exact) mass is 535 g/mol. The van der Waals surface area contributed by atoms with Crippen LogP contribution in [0.4, 0.5) is 5.69 Å². The van der Waals surface area contributed by atoms with E-state index in [4.69, 9.17) is 11.5 Å². The van der Waals surface area contributed by atoms with Crippen molar-refractivity contribution in [1.82, 2.24) is 9.80 Å². The van der Waals surface area contributed by atoms with E-state index in [2.05, 4.69) is 23.6 Å². The van der Waals surface area contributed by atoms with Crippen molar-refractivity contribution in [3.63, 3.8) is 0 Å². The van der Waals surface area contributed by atoms with E-state index in [9.17, 15) is 9.59 Å². The molecule has 4 rings (SSSR count). The van der Waals surface area contributed by atoms with Gasteiger partial charge in [0.25, 0.3) is 11.8 Å². The van der Waals surface area contributed by atoms with Gasteiger partial charge in [-0.15, -0.1) is 0 Å². The number of carbonyl (C=O) groups is 2. The van der Waals surface area contributed by atoms with Crippen LogP contribution in [0.1, 0.15) is 98.8 Å². The highest BCUT2D eigenvalue weighted by atomic mass is 16.2. The van der Waals surface area contributed by atoms with Gasteiger partial charge in [-0.05, 0) is 76.4 Å². The zero-order chi connectivity index (χ0) is 27.8. The van der Waals surface area contributed by atoms with Crippen molar-refractivity contribution in [1.29, 1.82) is 0 Å². The second-order valence-corrected chi connectivity index (χ2v) is 11.5. The highest BCUT2D eigenvalue weighted by Gasteiger charge is 2.34. The number of anilines is 1. The molecule has 2 aliphatic heterocycles. The zero-order valence-corrected chi connectivity index (χ0v) is 24.2. The molecule has 1 fully saturated rings. The molecule has 2 aromatic carbocycles. The van der Waals surface area contributed by atoms with E-state index >= 15 is 0 Å². The number of rotatable bonds is 18. The van der Waals surface area contributed by atoms with Gasteiger partial charge in [-0.3, -0.25) is 14.5 Å². The summed E-state index contributed by atoms with van der Waals surface area (Å²) in [6, 6.07) is 10.3. The lowest BCUT2D eigenvalue weighted by atomic mass is 9.93. The summed E-state index contributed by atoms with van der Waals surface area (Å²) >= 11 is 0. The van der Waals surface area contributed by atoms with Crippen LogP contribution in [-0.2, 0) is 0 Å². The fraction of sp³-hybridized carbons (Fsp3) is 0.625. The predicted molar refractivity (Wildman–Crippen MR) is 161 cm³/mol. The minimum atomic E-state index is -0.154. The lowest BCUT2D eigenvalue weighted by molar-refractivity contribution is 0.0607. The van der Waals surface area contributed by atoms with Crippen molar-refractivity contribution in [3.05, 3.63) is 41.5 Å². The van der Waals surface area contributed by atoms with Gasteiger partial charge < -0.3 is 21.3 Å². The fourth-order valence-corrected chi connectivity index (χ4v) is 5.92. The van der Waals surface area contributed by atoms with Crippen LogP contribution in [-0.4, -0.2) is 73.0 Å². The van der Waals surface area contributed by atoms with Crippen molar-refractivity contribution in [2.24, 2.45) is 11.5 Å². The van der Waals surface area contributed by atoms with E-state index in [0.29, 0.717) is 17.7 Å². The van der Waals surface area contributed by atoms with Crippen molar-refractivity contribution in [3.8, 4) is 0 Å². The highest BCUT2D eigenvalue weighted by Crippen LogP contribution is 2.37. The van der Waals surface area contributed by atoms with Crippen molar-refractivity contribution < 1.29 is 9.59 Å². The van der Waals surface area contributed by atoms with Gasteiger partial charge in [0, 0.05) is 59.3 Å². The summed E-state index contributed by atoms with van der Waals surface area (Å²) in [4.78, 5) is 32.9. The van der Waals surface area contributed by atoms with E-state index in [-0.39, 0.29) is 23.9 Å². The second kappa shape index (κ2) is 14.2. The number of nitrogens with zero attached hydrogens (tertiary/aromatic N) is 3. The van der Waals surface area contributed by atoms with E-state index in [1.807, 2.05) is 30.3 Å². The third-order valence-corrected chi connectivity index (χ3v) is 8.31. The van der Waals surface area contributed by atoms with E-state index in [0.717, 1.165) is 113 Å². The van der Waals surface area contributed by atoms with Crippen molar-refractivity contribution >= 4 is 28.3 Å². The quantitative estimate of drug-likeness (QED) is 0.156. The molecule has 7 heteroatoms. The third kappa shape index (κ3) is 7.59. The lowest BCUT2D eigenvalue weighted by Gasteiger charge is -2.28. The van der Waals surface area contributed by atoms with E-state index in [1.165, 1.54) is 4.90 Å². The summed E-state index contributed by atoms with van der Waals surface area (Å²) in [5.41, 5.74) is 15.0. The fourth-order valence-electron chi connectivity index (χ4n) is 5.92. The Hall–Kier alpha value is -2.48. The summed E-state index contributed by atoms with van der Waals surface area (Å²) in [5, 5.41) is 1.84. The van der Waals surface area contributed by atoms with Gasteiger partial charge in [-0.1, -0.05) is 51.7 Å². The topological polar surface area (TPSA) is 95.7 Å². The van der Waals surface area contributed by atoms with Crippen LogP contribution < -0.4 is 16.4 Å². The lowest BCUT2D eigenvalue weighted by Crippen LogP contribution is -2.40. The maximum Gasteiger partial charge on any atom is 0.261 e. The van der Waals surface area contributed by atoms with Gasteiger partial charge in [-0.25, -0.2) is 0 Å². The first-order chi connectivity index (χ1) is 18.9. The highest BCUT2D eigenvalue weighted by molar-refractivity contribution is 6.26. The molecule has 0 aliphatic carbocycles. The number of benzene rings is 2. The van der Waals surface area contributed by atoms with Crippen LogP contribution in [0, 0.1) is 0 Å². The molecule has 7 nitrogen and oxygen atoms in total. The molecule has 39 heavy (non-hydrogen) atoms. The molecular formula is C32H49N5O2. The molecule has 2 atom stereocenters. The summed E-state index contributed by atoms with van der Waals surface area (Å²) in [7, 11) is 0. The summed E-state index contributed by atoms with van der Waals surface area (Å²) in [6.45, 7) is 10.0. The third-order valence-electron chi connectivity index (χ3n) is 8.31. The molecule has 2 heterocycles. The smallest absolute Gasteiger partial charge is 0.261 e. The first-order valence-electron chi connectivity index (χ1n) is 15.3. The molecule has 4 N–H and O–H groups in total. The van der Waals surface area contributed by atoms with Crippen LogP contribution in [0.3, 0.4) is 0 Å². The maximum absolute atomic E-state index is 13.3. The molecule has 0 radical (unpaired) electrons. The predicted octanol–water partition coefficient (Wildman–Crippen LogP) is 5.15. The number of imide groups is 1. The first kappa shape index (κ1) is 29.5. The number of hydrogen-bond acceptors (Lipinski definition) is 6. The molecule has 0 saturated carbocycles. The Morgan fingerprint density at radius 1 is 0.769 bits per heavy atom. The average molecular weight is 536 g/mol. The summed E-state index contributed by atoms with van der Waals surface area (Å²) < 4.78 is 0. The van der Waals surface area contributed by atoms with Crippen LogP contribution in [0.5, 0.6) is 0 Å². The number of hydrogen-bond donors (Lipinski definition) is 2. The normalized spacial score (nSPS) is 16.4. The Morgan fingerprint density at radius 3 is 2.00 bits per heavy atom. The summed E-state index contributed by atoms with van der Waals surface area (Å²) in [6.07, 6.45) is 10.5. The number of unbranched alkanes of at least 4 members (excludes halogenated alkanes) is 3. The van der Waals surface area contributed by atoms with Gasteiger partial charge in [0.05, 0.1) is 0 Å².